The number of nitrogens with zero attached hydrogens (tertiary/aromatic N) is 2. The van der Waals surface area contributed by atoms with E-state index < -0.39 is 53.3 Å². The molecule has 326 valence electrons. The first kappa shape index (κ1) is 53.5. The number of fused-ring (bicyclic) bond motifs is 2. The Labute approximate surface area is 411 Å². The molecule has 0 radical (unpaired) electrons. The zero-order valence-corrected chi connectivity index (χ0v) is 41.5. The normalized spacial score (nSPS) is 11.6. The van der Waals surface area contributed by atoms with E-state index >= 15 is 0 Å². The van der Waals surface area contributed by atoms with E-state index in [-0.39, 0.29) is 106 Å². The van der Waals surface area contributed by atoms with E-state index in [1.807, 2.05) is 0 Å². The van der Waals surface area contributed by atoms with E-state index in [4.69, 9.17) is 9.47 Å². The van der Waals surface area contributed by atoms with Crippen LogP contribution in [0.15, 0.2) is 92.8 Å². The number of hydrogen-bond donors (Lipinski definition) is 6. The Balaban J connectivity index is 0.00000528. The van der Waals surface area contributed by atoms with Gasteiger partial charge in [0, 0.05) is 29.6 Å². The number of amides is 2. The van der Waals surface area contributed by atoms with Crippen LogP contribution >= 0.6 is 0 Å². The van der Waals surface area contributed by atoms with Crippen LogP contribution in [0.1, 0.15) is 88.4 Å². The van der Waals surface area contributed by atoms with Crippen molar-refractivity contribution < 1.29 is 114 Å². The Hall–Kier alpha value is -3.82. The number of rotatable bonds is 22. The number of ether oxygens (including phenoxy) is 2. The Morgan fingerprint density at radius 2 is 1.30 bits per heavy atom. The molecule has 0 atom stereocenters. The number of unbranched alkanes of at least 4 members (excludes halogenated alkanes) is 9. The van der Waals surface area contributed by atoms with Crippen molar-refractivity contribution in [2.45, 2.75) is 87.8 Å². The van der Waals surface area contributed by atoms with Crippen LogP contribution < -0.4 is 79.2 Å². The fourth-order valence-electron chi connectivity index (χ4n) is 6.75. The summed E-state index contributed by atoms with van der Waals surface area (Å²) in [7, 11) is -9.93. The van der Waals surface area contributed by atoms with Gasteiger partial charge in [-0.2, -0.15) is 21.9 Å². The standard InChI is InChI=1S/C43H50N4O12S2.2Na/c1-3-4-5-6-7-8-9-10-11-14-21-44-43(51)35-27-37(33-15-12-13-16-34(33)41(35)49)59-23-22-58-31-19-17-30(18-20-31)46-47-40-38(61(55,56)57)25-29-24-32(60(52,53)54)26-36(45-28(2)48)39(29)42(40)50;;/h12-13,15-20,24-27,49-50H,3-11,14,21-23H2,1-2H3,(H,44,51)(H,45,48)(H,52,53,54)(H,55,56,57);;/q;2*+1. The molecule has 0 heterocycles. The molecule has 16 nitrogen and oxygen atoms in total. The third-order valence-corrected chi connectivity index (χ3v) is 11.5. The number of nitrogens with one attached hydrogen (secondary N) is 2. The Kier molecular flexibility index (Phi) is 21.3. The average Bonchev–Trinajstić information content (AvgIpc) is 3.21. The third kappa shape index (κ3) is 15.1. The molecule has 6 N–H and O–H groups in total. The molecule has 5 aromatic carbocycles. The average molecular weight is 925 g/mol. The van der Waals surface area contributed by atoms with Crippen molar-refractivity contribution in [2.75, 3.05) is 25.1 Å². The summed E-state index contributed by atoms with van der Waals surface area (Å²) < 4.78 is 79.9. The molecular weight excluding hydrogens is 875 g/mol. The van der Waals surface area contributed by atoms with Gasteiger partial charge in [-0.1, -0.05) is 89.0 Å². The second-order valence-electron chi connectivity index (χ2n) is 14.4. The van der Waals surface area contributed by atoms with E-state index in [1.54, 1.807) is 24.3 Å². The largest absolute Gasteiger partial charge is 1.00 e. The van der Waals surface area contributed by atoms with Gasteiger partial charge >= 0.3 is 59.1 Å². The first-order valence-corrected chi connectivity index (χ1v) is 22.8. The molecule has 63 heavy (non-hydrogen) atoms. The van der Waals surface area contributed by atoms with Crippen molar-refractivity contribution >= 4 is 70.7 Å². The van der Waals surface area contributed by atoms with Gasteiger partial charge in [0.25, 0.3) is 26.1 Å². The Morgan fingerprint density at radius 3 is 1.90 bits per heavy atom. The summed E-state index contributed by atoms with van der Waals surface area (Å²) in [4.78, 5) is 23.4. The second kappa shape index (κ2) is 25.0. The summed E-state index contributed by atoms with van der Waals surface area (Å²) in [5.74, 6) is -1.29. The van der Waals surface area contributed by atoms with Gasteiger partial charge < -0.3 is 30.3 Å². The first-order valence-electron chi connectivity index (χ1n) is 19.9. The summed E-state index contributed by atoms with van der Waals surface area (Å²) in [6.45, 7) is 3.96. The van der Waals surface area contributed by atoms with Crippen molar-refractivity contribution in [1.82, 2.24) is 5.32 Å². The maximum absolute atomic E-state index is 13.2. The van der Waals surface area contributed by atoms with Gasteiger partial charge in [0.15, 0.2) is 5.75 Å². The topological polar surface area (TPSA) is 251 Å². The molecule has 0 aromatic heterocycles. The zero-order valence-electron chi connectivity index (χ0n) is 35.9. The van der Waals surface area contributed by atoms with E-state index in [0.29, 0.717) is 28.8 Å². The molecule has 0 aliphatic rings. The first-order chi connectivity index (χ1) is 29.1. The van der Waals surface area contributed by atoms with Crippen molar-refractivity contribution in [3.05, 3.63) is 78.4 Å². The maximum atomic E-state index is 13.2. The predicted octanol–water partition coefficient (Wildman–Crippen LogP) is 3.39. The number of benzene rings is 5. The smallest absolute Gasteiger partial charge is 0.506 e. The van der Waals surface area contributed by atoms with E-state index in [0.717, 1.165) is 44.4 Å². The molecule has 5 aromatic rings. The van der Waals surface area contributed by atoms with Gasteiger partial charge in [0.05, 0.1) is 21.8 Å². The van der Waals surface area contributed by atoms with Crippen LogP contribution in [-0.4, -0.2) is 67.7 Å². The number of aromatic hydroxyl groups is 2. The fourth-order valence-corrected chi connectivity index (χ4v) is 7.95. The van der Waals surface area contributed by atoms with Crippen LogP contribution in [0.2, 0.25) is 0 Å². The maximum Gasteiger partial charge on any atom is 1.00 e. The number of phenolic OH excluding ortho intramolecular Hbond substituents is 2. The minimum atomic E-state index is -5.09. The molecule has 0 unspecified atom stereocenters. The Morgan fingerprint density at radius 1 is 0.698 bits per heavy atom. The monoisotopic (exact) mass is 924 g/mol. The van der Waals surface area contributed by atoms with Crippen LogP contribution in [-0.2, 0) is 25.0 Å². The summed E-state index contributed by atoms with van der Waals surface area (Å²) >= 11 is 0. The van der Waals surface area contributed by atoms with Gasteiger partial charge in [0.1, 0.15) is 41.0 Å². The predicted molar refractivity (Wildman–Crippen MR) is 231 cm³/mol. The van der Waals surface area contributed by atoms with Crippen LogP contribution in [0.4, 0.5) is 17.1 Å². The van der Waals surface area contributed by atoms with Gasteiger partial charge in [-0.05, 0) is 60.3 Å². The van der Waals surface area contributed by atoms with Crippen molar-refractivity contribution in [3.63, 3.8) is 0 Å². The van der Waals surface area contributed by atoms with E-state index in [1.165, 1.54) is 75.3 Å². The molecule has 20 heteroatoms. The van der Waals surface area contributed by atoms with E-state index in [9.17, 15) is 45.7 Å². The Bertz CT molecular complexity index is 2630. The molecule has 0 saturated heterocycles. The molecular formula is C43H50N4Na2O12S2+2. The van der Waals surface area contributed by atoms with Crippen LogP contribution in [0.5, 0.6) is 23.0 Å². The van der Waals surface area contributed by atoms with Gasteiger partial charge in [-0.15, -0.1) is 5.11 Å². The number of phenols is 2. The van der Waals surface area contributed by atoms with E-state index in [2.05, 4.69) is 27.8 Å². The number of anilines is 1. The summed E-state index contributed by atoms with van der Waals surface area (Å²) in [6, 6.07) is 17.1. The molecule has 0 aliphatic heterocycles. The molecule has 0 aliphatic carbocycles. The third-order valence-electron chi connectivity index (χ3n) is 9.76. The van der Waals surface area contributed by atoms with Crippen molar-refractivity contribution in [1.29, 1.82) is 0 Å². The minimum absolute atomic E-state index is 0. The number of carbonyl (C=O) groups excluding carboxylic acids is 2. The van der Waals surface area contributed by atoms with Gasteiger partial charge in [-0.3, -0.25) is 18.7 Å². The summed E-state index contributed by atoms with van der Waals surface area (Å²) in [6.07, 6.45) is 11.8. The number of carbonyl (C=O) groups is 2. The molecule has 2 amide bonds. The second-order valence-corrected chi connectivity index (χ2v) is 17.2. The quantitative estimate of drug-likeness (QED) is 0.0253. The molecule has 0 fully saturated rings. The van der Waals surface area contributed by atoms with Crippen LogP contribution in [0, 0.1) is 0 Å². The molecule has 0 saturated carbocycles. The summed E-state index contributed by atoms with van der Waals surface area (Å²) in [5, 5.41) is 35.8. The SMILES string of the molecule is CCCCCCCCCCCCNC(=O)c1cc(OCCOc2ccc(N=Nc3c(S(=O)(=O)O)cc4cc(S(=O)(=O)O)cc(NC(C)=O)c4c3O)cc2)c2ccccc2c1O.[Na+].[Na+]. The van der Waals surface area contributed by atoms with Crippen LogP contribution in [0.25, 0.3) is 21.5 Å². The minimum Gasteiger partial charge on any atom is -0.506 e. The van der Waals surface area contributed by atoms with Gasteiger partial charge in [0.2, 0.25) is 5.91 Å². The molecule has 0 bridgehead atoms. The molecule has 5 rings (SSSR count). The van der Waals surface area contributed by atoms with Crippen LogP contribution in [0.3, 0.4) is 0 Å². The number of azo groups is 1. The molecule has 0 spiro atoms. The summed E-state index contributed by atoms with van der Waals surface area (Å²) in [5.41, 5.74) is -0.734. The van der Waals surface area contributed by atoms with Crippen molar-refractivity contribution in [2.24, 2.45) is 10.2 Å². The zero-order chi connectivity index (χ0) is 44.2. The number of hydrogen-bond acceptors (Lipinski definition) is 12. The van der Waals surface area contributed by atoms with Gasteiger partial charge in [-0.25, -0.2) is 0 Å². The van der Waals surface area contributed by atoms with Crippen molar-refractivity contribution in [3.8, 4) is 23.0 Å². The fraction of sp³-hybridized carbons (Fsp3) is 0.349.